The number of ether oxygens (including phenoxy) is 1. The number of fused-ring (bicyclic) bond motifs is 1. The number of rotatable bonds is 3. The standard InChI is InChI=1S/C22H22F3N3O2/c1-22(2,3)30-21(29)27-17-11-26-19-13(7-6-8-14(19)20(17)28(4)5)15-9-12(23)10-16(24)18(15)25/h6-11H,1-5H3,(H,27,29). The van der Waals surface area contributed by atoms with Gasteiger partial charge in [0.1, 0.15) is 11.4 Å². The average Bonchev–Trinajstić information content (AvgIpc) is 2.62. The maximum Gasteiger partial charge on any atom is 0.412 e. The van der Waals surface area contributed by atoms with E-state index in [-0.39, 0.29) is 11.1 Å². The van der Waals surface area contributed by atoms with Crippen molar-refractivity contribution in [2.75, 3.05) is 24.3 Å². The smallest absolute Gasteiger partial charge is 0.412 e. The molecule has 0 saturated heterocycles. The minimum Gasteiger partial charge on any atom is -0.444 e. The summed E-state index contributed by atoms with van der Waals surface area (Å²) in [6, 6.07) is 6.32. The van der Waals surface area contributed by atoms with Crippen molar-refractivity contribution < 1.29 is 22.7 Å². The van der Waals surface area contributed by atoms with Crippen LogP contribution in [0.15, 0.2) is 36.5 Å². The maximum atomic E-state index is 14.4. The highest BCUT2D eigenvalue weighted by atomic mass is 19.2. The van der Waals surface area contributed by atoms with Gasteiger partial charge in [-0.2, -0.15) is 0 Å². The van der Waals surface area contributed by atoms with E-state index in [1.54, 1.807) is 51.9 Å². The van der Waals surface area contributed by atoms with Crippen LogP contribution < -0.4 is 10.2 Å². The van der Waals surface area contributed by atoms with Gasteiger partial charge in [0.25, 0.3) is 0 Å². The first-order valence-electron chi connectivity index (χ1n) is 9.22. The van der Waals surface area contributed by atoms with Gasteiger partial charge in [0.15, 0.2) is 11.6 Å². The lowest BCUT2D eigenvalue weighted by Gasteiger charge is -2.23. The number of nitrogens with one attached hydrogen (secondary N) is 1. The van der Waals surface area contributed by atoms with E-state index in [1.165, 1.54) is 12.3 Å². The van der Waals surface area contributed by atoms with Crippen molar-refractivity contribution in [1.82, 2.24) is 4.98 Å². The van der Waals surface area contributed by atoms with Crippen LogP contribution in [0, 0.1) is 17.5 Å². The fourth-order valence-corrected chi connectivity index (χ4v) is 3.17. The Bertz CT molecular complexity index is 1120. The van der Waals surface area contributed by atoms with Gasteiger partial charge < -0.3 is 9.64 Å². The molecule has 158 valence electrons. The van der Waals surface area contributed by atoms with Gasteiger partial charge in [-0.15, -0.1) is 0 Å². The third-order valence-electron chi connectivity index (χ3n) is 4.24. The molecule has 0 atom stereocenters. The van der Waals surface area contributed by atoms with Crippen LogP contribution in [-0.4, -0.2) is 30.8 Å². The highest BCUT2D eigenvalue weighted by Gasteiger charge is 2.21. The monoisotopic (exact) mass is 417 g/mol. The van der Waals surface area contributed by atoms with Crippen LogP contribution in [0.4, 0.5) is 29.3 Å². The summed E-state index contributed by atoms with van der Waals surface area (Å²) < 4.78 is 47.2. The number of para-hydroxylation sites is 1. The van der Waals surface area contributed by atoms with Gasteiger partial charge in [0.05, 0.1) is 23.1 Å². The molecule has 1 N–H and O–H groups in total. The van der Waals surface area contributed by atoms with Crippen molar-refractivity contribution in [2.45, 2.75) is 26.4 Å². The molecule has 0 aliphatic rings. The average molecular weight is 417 g/mol. The van der Waals surface area contributed by atoms with Gasteiger partial charge in [-0.3, -0.25) is 10.3 Å². The lowest BCUT2D eigenvalue weighted by molar-refractivity contribution is 0.0636. The van der Waals surface area contributed by atoms with E-state index in [0.717, 1.165) is 6.07 Å². The van der Waals surface area contributed by atoms with Gasteiger partial charge >= 0.3 is 6.09 Å². The maximum absolute atomic E-state index is 14.4. The number of aromatic nitrogens is 1. The number of hydrogen-bond donors (Lipinski definition) is 1. The molecule has 8 heteroatoms. The van der Waals surface area contributed by atoms with Crippen LogP contribution >= 0.6 is 0 Å². The van der Waals surface area contributed by atoms with E-state index in [0.29, 0.717) is 28.3 Å². The molecule has 0 radical (unpaired) electrons. The van der Waals surface area contributed by atoms with E-state index < -0.39 is 29.1 Å². The topological polar surface area (TPSA) is 54.5 Å². The second kappa shape index (κ2) is 7.85. The number of benzene rings is 2. The molecule has 3 aromatic rings. The van der Waals surface area contributed by atoms with Crippen molar-refractivity contribution in [3.05, 3.63) is 54.0 Å². The predicted molar refractivity (Wildman–Crippen MR) is 111 cm³/mol. The summed E-state index contributed by atoms with van der Waals surface area (Å²) in [5.41, 5.74) is 0.617. The van der Waals surface area contributed by atoms with E-state index in [9.17, 15) is 18.0 Å². The van der Waals surface area contributed by atoms with E-state index in [2.05, 4.69) is 10.3 Å². The molecule has 0 bridgehead atoms. The molecule has 5 nitrogen and oxygen atoms in total. The number of pyridine rings is 1. The summed E-state index contributed by atoms with van der Waals surface area (Å²) in [4.78, 5) is 18.3. The zero-order valence-corrected chi connectivity index (χ0v) is 17.3. The van der Waals surface area contributed by atoms with Gasteiger partial charge in [0.2, 0.25) is 0 Å². The summed E-state index contributed by atoms with van der Waals surface area (Å²) in [7, 11) is 3.54. The minimum absolute atomic E-state index is 0.232. The highest BCUT2D eigenvalue weighted by molar-refractivity contribution is 6.06. The van der Waals surface area contributed by atoms with Crippen LogP contribution in [0.3, 0.4) is 0 Å². The van der Waals surface area contributed by atoms with Crippen molar-refractivity contribution in [3.8, 4) is 11.1 Å². The number of hydrogen-bond acceptors (Lipinski definition) is 4. The third-order valence-corrected chi connectivity index (χ3v) is 4.24. The molecule has 0 saturated carbocycles. The first-order chi connectivity index (χ1) is 14.0. The van der Waals surface area contributed by atoms with Gasteiger partial charge in [0, 0.05) is 36.7 Å². The molecule has 0 aliphatic carbocycles. The fourth-order valence-electron chi connectivity index (χ4n) is 3.17. The predicted octanol–water partition coefficient (Wildman–Crippen LogP) is 5.73. The van der Waals surface area contributed by atoms with E-state index in [4.69, 9.17) is 4.74 Å². The first kappa shape index (κ1) is 21.4. The van der Waals surface area contributed by atoms with E-state index >= 15 is 0 Å². The molecule has 1 heterocycles. The fraction of sp³-hybridized carbons (Fsp3) is 0.273. The van der Waals surface area contributed by atoms with E-state index in [1.807, 2.05) is 0 Å². The zero-order valence-electron chi connectivity index (χ0n) is 17.3. The lowest BCUT2D eigenvalue weighted by Crippen LogP contribution is -2.28. The molecule has 0 unspecified atom stereocenters. The van der Waals surface area contributed by atoms with Crippen molar-refractivity contribution >= 4 is 28.4 Å². The van der Waals surface area contributed by atoms with Crippen LogP contribution in [0.25, 0.3) is 22.0 Å². The summed E-state index contributed by atoms with van der Waals surface area (Å²) in [5.74, 6) is -3.33. The molecule has 0 spiro atoms. The zero-order chi connectivity index (χ0) is 22.2. The Balaban J connectivity index is 2.18. The molecule has 3 rings (SSSR count). The molecular formula is C22H22F3N3O2. The van der Waals surface area contributed by atoms with Crippen LogP contribution in [0.1, 0.15) is 20.8 Å². The van der Waals surface area contributed by atoms with Gasteiger partial charge in [-0.25, -0.2) is 18.0 Å². The van der Waals surface area contributed by atoms with Gasteiger partial charge in [-0.05, 0) is 26.8 Å². The number of carbonyl (C=O) groups is 1. The van der Waals surface area contributed by atoms with Gasteiger partial charge in [-0.1, -0.05) is 18.2 Å². The second-order valence-electron chi connectivity index (χ2n) is 7.99. The molecular weight excluding hydrogens is 395 g/mol. The third kappa shape index (κ3) is 4.32. The Kier molecular flexibility index (Phi) is 5.61. The van der Waals surface area contributed by atoms with Crippen LogP contribution in [-0.2, 0) is 4.74 Å². The number of anilines is 2. The molecule has 0 aliphatic heterocycles. The Labute approximate surface area is 172 Å². The largest absolute Gasteiger partial charge is 0.444 e. The normalized spacial score (nSPS) is 11.5. The number of nitrogens with zero attached hydrogens (tertiary/aromatic N) is 2. The Morgan fingerprint density at radius 2 is 1.80 bits per heavy atom. The highest BCUT2D eigenvalue weighted by Crippen LogP contribution is 2.38. The summed E-state index contributed by atoms with van der Waals surface area (Å²) in [6.45, 7) is 5.24. The molecule has 30 heavy (non-hydrogen) atoms. The van der Waals surface area contributed by atoms with Crippen LogP contribution in [0.2, 0.25) is 0 Å². The SMILES string of the molecule is CN(C)c1c(NC(=O)OC(C)(C)C)cnc2c(-c3cc(F)cc(F)c3F)cccc12. The molecule has 1 aromatic heterocycles. The van der Waals surface area contributed by atoms with Crippen molar-refractivity contribution in [3.63, 3.8) is 0 Å². The van der Waals surface area contributed by atoms with Crippen LogP contribution in [0.5, 0.6) is 0 Å². The lowest BCUT2D eigenvalue weighted by atomic mass is 9.99. The minimum atomic E-state index is -1.28. The van der Waals surface area contributed by atoms with Crippen molar-refractivity contribution in [2.24, 2.45) is 0 Å². The van der Waals surface area contributed by atoms with Crippen molar-refractivity contribution in [1.29, 1.82) is 0 Å². The number of amides is 1. The number of halogens is 3. The molecule has 0 fully saturated rings. The summed E-state index contributed by atoms with van der Waals surface area (Å²) >= 11 is 0. The molecule has 1 amide bonds. The molecule has 2 aromatic carbocycles. The first-order valence-corrected chi connectivity index (χ1v) is 9.22. The quantitative estimate of drug-likeness (QED) is 0.553. The summed E-state index contributed by atoms with van der Waals surface area (Å²) in [6.07, 6.45) is 0.750. The second-order valence-corrected chi connectivity index (χ2v) is 7.99. The number of carbonyl (C=O) groups excluding carboxylic acids is 1. The Morgan fingerprint density at radius 3 is 2.43 bits per heavy atom. The Hall–Kier alpha value is -3.29. The Morgan fingerprint density at radius 1 is 1.10 bits per heavy atom. The summed E-state index contributed by atoms with van der Waals surface area (Å²) in [5, 5.41) is 3.23.